The summed E-state index contributed by atoms with van der Waals surface area (Å²) in [5, 5.41) is 33.7. The Hall–Kier alpha value is -9.89. The Morgan fingerprint density at radius 3 is 1.15 bits per heavy atom. The number of thiophene rings is 1. The first-order valence-corrected chi connectivity index (χ1v) is 49.5. The summed E-state index contributed by atoms with van der Waals surface area (Å²) in [5.74, 6) is 7.12. The predicted octanol–water partition coefficient (Wildman–Crippen LogP) is 29.4. The van der Waals surface area contributed by atoms with Crippen molar-refractivity contribution >= 4 is 57.1 Å². The molecule has 0 aromatic carbocycles. The highest BCUT2D eigenvalue weighted by Crippen LogP contribution is 2.31. The van der Waals surface area contributed by atoms with E-state index in [2.05, 4.69) is 409 Å². The molecular weight excluding hydrogens is 1790 g/mol. The number of oxazole rings is 2. The van der Waals surface area contributed by atoms with Crippen LogP contribution in [0.25, 0.3) is 0 Å². The molecule has 0 aliphatic rings. The van der Waals surface area contributed by atoms with Gasteiger partial charge in [0.15, 0.2) is 24.4 Å². The van der Waals surface area contributed by atoms with Crippen LogP contribution in [0.1, 0.15) is 394 Å². The predicted molar refractivity (Wildman–Crippen MR) is 562 cm³/mol. The lowest BCUT2D eigenvalue weighted by Gasteiger charge is -2.15. The molecule has 0 aliphatic heterocycles. The minimum Gasteiger partial charge on any atom is -0.469 e. The van der Waals surface area contributed by atoms with E-state index in [1.165, 1.54) is 61.6 Å². The molecule has 0 fully saturated rings. The normalized spacial score (nSPS) is 11.9. The minimum absolute atomic E-state index is 0.00694. The van der Waals surface area contributed by atoms with Crippen molar-refractivity contribution in [2.24, 2.45) is 0 Å². The topological polar surface area (TPSA) is 364 Å². The molecule has 135 heavy (non-hydrogen) atoms. The number of thiazole rings is 2. The van der Waals surface area contributed by atoms with Crippen molar-refractivity contribution in [1.82, 2.24) is 110 Å². The highest BCUT2D eigenvalue weighted by atomic mass is 32.1. The zero-order valence-corrected chi connectivity index (χ0v) is 94.4. The summed E-state index contributed by atoms with van der Waals surface area (Å²) < 4.78 is 33.1. The molecule has 0 saturated carbocycles. The number of imidazole rings is 2. The lowest BCUT2D eigenvalue weighted by atomic mass is 9.93. The van der Waals surface area contributed by atoms with E-state index in [4.69, 9.17) is 22.3 Å². The van der Waals surface area contributed by atoms with Crippen LogP contribution in [0.4, 0.5) is 0 Å². The SMILES string of the molecule is CC(C)(C)c1ccc[nH]1.CC(C)(C)c1ccco1.CC(C)(C)c1cccs1.CC(C)(C)c1ccno1.CC(C)(C)c1ccns1.CC(C)(C)c1cnc[nH]1.CC(C)(C)c1cnco1.CC(C)(C)c1cncs1.CC(C)(C)c1ncc[nH]1.CC(C)(C)c1ncco1.CC(C)(C)c1nccs1.CC(C)(C)c1ncn[nH]1.CC(C)(C)c1ncno1.CC(C)(C)c1ncns1.CC(C)(C)c1nn[nH]n1. The van der Waals surface area contributed by atoms with Crippen molar-refractivity contribution in [2.45, 2.75) is 393 Å². The number of aromatic amines is 5. The Bertz CT molecular complexity index is 3880. The van der Waals surface area contributed by atoms with Crippen molar-refractivity contribution in [3.8, 4) is 0 Å². The summed E-state index contributed by atoms with van der Waals surface area (Å²) in [7, 11) is 0. The largest absolute Gasteiger partial charge is 0.469 e. The minimum atomic E-state index is -0.0174. The molecule has 0 saturated heterocycles. The number of rotatable bonds is 0. The number of hydrogen-bond acceptors (Lipinski definition) is 27. The third-order valence-electron chi connectivity index (χ3n) is 17.4. The van der Waals surface area contributed by atoms with Crippen molar-refractivity contribution in [2.75, 3.05) is 0 Å². The summed E-state index contributed by atoms with van der Waals surface area (Å²) in [6, 6.07) is 16.3. The zero-order valence-electron chi connectivity index (χ0n) is 90.4. The second-order valence-corrected chi connectivity index (χ2v) is 51.3. The fourth-order valence-corrected chi connectivity index (χ4v) is 12.6. The molecule has 15 aromatic rings. The van der Waals surface area contributed by atoms with Gasteiger partial charge in [-0.25, -0.2) is 39.3 Å². The van der Waals surface area contributed by atoms with Crippen LogP contribution in [0.5, 0.6) is 0 Å². The number of tetrazole rings is 1. The van der Waals surface area contributed by atoms with Crippen molar-refractivity contribution in [3.05, 3.63) is 254 Å². The molecular formula is C103H168N22O5S5. The fraction of sp³-hybridized carbons (Fsp3) is 0.583. The van der Waals surface area contributed by atoms with E-state index in [1.54, 1.807) is 84.2 Å². The van der Waals surface area contributed by atoms with E-state index >= 15 is 0 Å². The lowest BCUT2D eigenvalue weighted by Crippen LogP contribution is -2.13. The highest BCUT2D eigenvalue weighted by molar-refractivity contribution is 7.10. The summed E-state index contributed by atoms with van der Waals surface area (Å²) in [5.41, 5.74) is 6.75. The van der Waals surface area contributed by atoms with E-state index in [9.17, 15) is 0 Å². The Morgan fingerprint density at radius 2 is 0.926 bits per heavy atom. The van der Waals surface area contributed by atoms with Gasteiger partial charge in [0.1, 0.15) is 52.9 Å². The molecule has 0 radical (unpaired) electrons. The summed E-state index contributed by atoms with van der Waals surface area (Å²) in [6.07, 6.45) is 29.2. The first kappa shape index (κ1) is 123. The van der Waals surface area contributed by atoms with Crippen molar-refractivity contribution in [1.29, 1.82) is 0 Å². The standard InChI is InChI=1S/C8H13N.C8H12O.C8H12S.2C7H12N2.3C7H11NO.3C7H11NS.C6H11N3.C6H10N2O.C6H10N2S.C5H10N4/c3*1-8(2,3)7-5-4-6-9-7;1-7(2,3)6-4-8-5-9-6;1-7(2,3)6-8-4-5-9-6;1-7(2,3)6-4-8-5-9-6;1-7(2,3)6-8-4-5-9-6;1-7(2,3)6-4-5-8-9-6;1-7(2,3)6-4-8-5-9-6;1-7(2,3)6-8-4-5-9-6;1-7(2,3)6-4-5-8-9-6;3*1-6(2,3)5-7-4-8-9-5;1-5(2,3)4-6-8-9-7-4/h4-6,9H,1-3H3;2*4-6H,1-3H3;2*4-5H,1-3H3,(H,8,9);6*4-5H,1-3H3;4H,1-3H3,(H,7,8,9);2*4H,1-3H3;1-3H3,(H,6,7,8,9). The van der Waals surface area contributed by atoms with Crippen LogP contribution in [-0.4, -0.2) is 110 Å². The molecule has 15 rings (SSSR count). The van der Waals surface area contributed by atoms with Crippen molar-refractivity contribution < 1.29 is 22.3 Å². The molecule has 32 heteroatoms. The first-order chi connectivity index (χ1) is 61.6. The molecule has 0 aliphatic carbocycles. The average Bonchev–Trinajstić information content (AvgIpc) is 1.92. The van der Waals surface area contributed by atoms with E-state index in [1.807, 2.05) is 125 Å². The Balaban J connectivity index is 0.000000723. The van der Waals surface area contributed by atoms with Crippen LogP contribution < -0.4 is 0 Å². The Kier molecular flexibility index (Phi) is 50.1. The van der Waals surface area contributed by atoms with Crippen LogP contribution in [0.3, 0.4) is 0 Å². The monoisotopic (exact) mass is 1950 g/mol. The molecule has 0 bridgehead atoms. The quantitative estimate of drug-likeness (QED) is 0.0941. The molecule has 0 amide bonds. The number of aromatic nitrogens is 22. The third kappa shape index (κ3) is 54.0. The van der Waals surface area contributed by atoms with Crippen LogP contribution in [0.15, 0.2) is 193 Å². The van der Waals surface area contributed by atoms with Gasteiger partial charge in [0, 0.05) is 146 Å². The van der Waals surface area contributed by atoms with Gasteiger partial charge in [-0.15, -0.1) is 44.2 Å². The molecule has 5 N–H and O–H groups in total. The lowest BCUT2D eigenvalue weighted by molar-refractivity contribution is 0.320. The van der Waals surface area contributed by atoms with Gasteiger partial charge in [0.05, 0.1) is 41.7 Å². The van der Waals surface area contributed by atoms with Crippen LogP contribution >= 0.6 is 57.1 Å². The fourth-order valence-electron chi connectivity index (χ4n) is 9.17. The average molecular weight is 1950 g/mol. The molecule has 750 valence electrons. The number of H-pyrrole nitrogens is 5. The van der Waals surface area contributed by atoms with Gasteiger partial charge in [-0.05, 0) is 81.1 Å². The van der Waals surface area contributed by atoms with Gasteiger partial charge < -0.3 is 37.2 Å². The number of furan rings is 1. The Morgan fingerprint density at radius 1 is 0.319 bits per heavy atom. The van der Waals surface area contributed by atoms with Gasteiger partial charge in [0.2, 0.25) is 5.89 Å². The highest BCUT2D eigenvalue weighted by Gasteiger charge is 2.25. The second kappa shape index (κ2) is 54.9. The van der Waals surface area contributed by atoms with Gasteiger partial charge >= 0.3 is 0 Å². The molecule has 27 nitrogen and oxygen atoms in total. The first-order valence-electron chi connectivity index (χ1n) is 45.3. The van der Waals surface area contributed by atoms with Crippen LogP contribution in [-0.2, 0) is 81.2 Å². The maximum Gasteiger partial charge on any atom is 0.231 e. The molecule has 0 atom stereocenters. The van der Waals surface area contributed by atoms with Gasteiger partial charge in [0.25, 0.3) is 0 Å². The maximum atomic E-state index is 5.20. The molecule has 15 aromatic heterocycles. The second-order valence-electron chi connectivity index (χ2n) is 46.9. The summed E-state index contributed by atoms with van der Waals surface area (Å²) >= 11 is 8.32. The van der Waals surface area contributed by atoms with E-state index in [-0.39, 0.29) is 75.8 Å². The van der Waals surface area contributed by atoms with Gasteiger partial charge in [-0.3, -0.25) is 10.1 Å². The van der Waals surface area contributed by atoms with E-state index in [0.717, 1.165) is 45.7 Å². The number of nitrogens with one attached hydrogen (secondary N) is 5. The number of hydrogen-bond donors (Lipinski definition) is 5. The molecule has 0 unspecified atom stereocenters. The zero-order chi connectivity index (χ0) is 104. The van der Waals surface area contributed by atoms with Crippen LogP contribution in [0.2, 0.25) is 0 Å². The summed E-state index contributed by atoms with van der Waals surface area (Å²) in [6.45, 7) is 95.8. The third-order valence-corrected chi connectivity index (χ3v) is 23.4. The molecule has 15 heterocycles. The number of nitrogens with zero attached hydrogens (tertiary/aromatic N) is 17. The molecule has 0 spiro atoms. The Labute approximate surface area is 829 Å². The van der Waals surface area contributed by atoms with E-state index < -0.39 is 0 Å². The van der Waals surface area contributed by atoms with Crippen LogP contribution in [0, 0.1) is 0 Å². The van der Waals surface area contributed by atoms with Gasteiger partial charge in [-0.1, -0.05) is 333 Å². The smallest absolute Gasteiger partial charge is 0.231 e. The van der Waals surface area contributed by atoms with E-state index in [0.29, 0.717) is 11.3 Å². The maximum absolute atomic E-state index is 5.20. The van der Waals surface area contributed by atoms with Gasteiger partial charge in [-0.2, -0.15) is 19.7 Å². The summed E-state index contributed by atoms with van der Waals surface area (Å²) in [4.78, 5) is 49.6. The van der Waals surface area contributed by atoms with Crippen molar-refractivity contribution in [3.63, 3.8) is 0 Å².